The molecular formula is C24H28F2N6O3. The summed E-state index contributed by atoms with van der Waals surface area (Å²) in [4.78, 5) is 11.7. The number of hydrogen-bond donors (Lipinski definition) is 1. The zero-order valence-electron chi connectivity index (χ0n) is 19.7. The van der Waals surface area contributed by atoms with E-state index >= 15 is 0 Å². The van der Waals surface area contributed by atoms with Crippen molar-refractivity contribution in [1.29, 1.82) is 0 Å². The molecule has 0 bridgehead atoms. The fraction of sp³-hybridized carbons (Fsp3) is 0.458. The minimum absolute atomic E-state index is 0.0808. The Kier molecular flexibility index (Phi) is 6.52. The van der Waals surface area contributed by atoms with E-state index in [0.29, 0.717) is 36.9 Å². The van der Waals surface area contributed by atoms with Crippen molar-refractivity contribution in [2.45, 2.75) is 38.5 Å². The molecule has 0 radical (unpaired) electrons. The van der Waals surface area contributed by atoms with Gasteiger partial charge in [-0.15, -0.1) is 0 Å². The summed E-state index contributed by atoms with van der Waals surface area (Å²) in [5.41, 5.74) is 6.68. The molecule has 0 atom stereocenters. The SMILES string of the molecule is COC1(Cn2cnc3c(N4CCOCC4)cc(N/N=C(\C)c4cccc(OC(F)F)c4)nc32)CC1. The van der Waals surface area contributed by atoms with Crippen LogP contribution in [0.25, 0.3) is 11.2 Å². The second kappa shape index (κ2) is 9.74. The second-order valence-electron chi connectivity index (χ2n) is 8.77. The molecule has 3 heterocycles. The molecule has 11 heteroatoms. The average molecular weight is 487 g/mol. The van der Waals surface area contributed by atoms with Gasteiger partial charge in [-0.1, -0.05) is 12.1 Å². The Bertz CT molecular complexity index is 1220. The van der Waals surface area contributed by atoms with Gasteiger partial charge in [-0.25, -0.2) is 9.97 Å². The largest absolute Gasteiger partial charge is 0.435 e. The quantitative estimate of drug-likeness (QED) is 0.363. The standard InChI is InChI=1S/C24H28F2N6O3/c1-16(17-4-3-5-18(12-17)35-23(25)26)29-30-20-13-19(31-8-10-34-11-9-31)21-22(28-20)32(15-27-21)14-24(33-2)6-7-24/h3-5,12-13,15,23H,6-11,14H2,1-2H3,(H,28,30)/b29-16+. The number of fused-ring (bicyclic) bond motifs is 1. The minimum Gasteiger partial charge on any atom is -0.435 e. The predicted molar refractivity (Wildman–Crippen MR) is 128 cm³/mol. The van der Waals surface area contributed by atoms with Crippen molar-refractivity contribution in [2.24, 2.45) is 5.10 Å². The third kappa shape index (κ3) is 5.20. The zero-order chi connectivity index (χ0) is 24.4. The fourth-order valence-electron chi connectivity index (χ4n) is 4.22. The van der Waals surface area contributed by atoms with Gasteiger partial charge in [0.05, 0.1) is 43.1 Å². The molecule has 5 rings (SSSR count). The molecule has 35 heavy (non-hydrogen) atoms. The van der Waals surface area contributed by atoms with Crippen LogP contribution in [-0.4, -0.2) is 65.9 Å². The first kappa shape index (κ1) is 23.4. The van der Waals surface area contributed by atoms with E-state index in [1.807, 2.05) is 17.0 Å². The van der Waals surface area contributed by atoms with Crippen LogP contribution in [0.1, 0.15) is 25.3 Å². The number of methoxy groups -OCH3 is 1. The van der Waals surface area contributed by atoms with Gasteiger partial charge in [0.25, 0.3) is 0 Å². The fourth-order valence-corrected chi connectivity index (χ4v) is 4.22. The maximum atomic E-state index is 12.6. The predicted octanol–water partition coefficient (Wildman–Crippen LogP) is 3.88. The highest BCUT2D eigenvalue weighted by Gasteiger charge is 2.43. The van der Waals surface area contributed by atoms with Crippen molar-refractivity contribution in [1.82, 2.24) is 14.5 Å². The number of imidazole rings is 1. The van der Waals surface area contributed by atoms with Crippen molar-refractivity contribution in [3.8, 4) is 5.75 Å². The molecule has 1 saturated heterocycles. The Balaban J connectivity index is 1.46. The van der Waals surface area contributed by atoms with Gasteiger partial charge in [0.2, 0.25) is 0 Å². The van der Waals surface area contributed by atoms with Crippen molar-refractivity contribution in [3.63, 3.8) is 0 Å². The highest BCUT2D eigenvalue weighted by molar-refractivity contribution is 5.99. The first-order valence-electron chi connectivity index (χ1n) is 11.6. The Morgan fingerprint density at radius 3 is 2.77 bits per heavy atom. The number of ether oxygens (including phenoxy) is 3. The van der Waals surface area contributed by atoms with E-state index in [4.69, 9.17) is 14.5 Å². The number of hydrazone groups is 1. The third-order valence-electron chi connectivity index (χ3n) is 6.42. The van der Waals surface area contributed by atoms with E-state index in [9.17, 15) is 8.78 Å². The Morgan fingerprint density at radius 2 is 2.06 bits per heavy atom. The lowest BCUT2D eigenvalue weighted by atomic mass is 10.1. The van der Waals surface area contributed by atoms with E-state index in [1.165, 1.54) is 12.1 Å². The topological polar surface area (TPSA) is 86.0 Å². The Hall–Kier alpha value is -3.31. The van der Waals surface area contributed by atoms with Crippen LogP contribution in [0.4, 0.5) is 20.3 Å². The number of halogens is 2. The monoisotopic (exact) mass is 486 g/mol. The normalized spacial score (nSPS) is 17.7. The average Bonchev–Trinajstić information content (AvgIpc) is 3.54. The van der Waals surface area contributed by atoms with E-state index in [2.05, 4.69) is 25.1 Å². The molecule has 3 aromatic rings. The van der Waals surface area contributed by atoms with Gasteiger partial charge in [0, 0.05) is 31.8 Å². The third-order valence-corrected chi connectivity index (χ3v) is 6.42. The van der Waals surface area contributed by atoms with Crippen LogP contribution in [-0.2, 0) is 16.0 Å². The van der Waals surface area contributed by atoms with Crippen LogP contribution in [0.3, 0.4) is 0 Å². The number of pyridine rings is 1. The van der Waals surface area contributed by atoms with Gasteiger partial charge in [0.15, 0.2) is 11.5 Å². The number of hydrogen-bond acceptors (Lipinski definition) is 8. The number of morpholine rings is 1. The van der Waals surface area contributed by atoms with Crippen molar-refractivity contribution in [3.05, 3.63) is 42.2 Å². The number of rotatable bonds is 9. The summed E-state index contributed by atoms with van der Waals surface area (Å²) in [7, 11) is 1.74. The van der Waals surface area contributed by atoms with Crippen LogP contribution >= 0.6 is 0 Å². The Morgan fingerprint density at radius 1 is 1.26 bits per heavy atom. The molecule has 2 aliphatic rings. The molecule has 1 aliphatic carbocycles. The van der Waals surface area contributed by atoms with Crippen molar-refractivity contribution >= 4 is 28.4 Å². The van der Waals surface area contributed by atoms with E-state index < -0.39 is 6.61 Å². The number of nitrogens with one attached hydrogen (secondary N) is 1. The van der Waals surface area contributed by atoms with E-state index in [1.54, 1.807) is 26.2 Å². The maximum Gasteiger partial charge on any atom is 0.387 e. The number of aromatic nitrogens is 3. The van der Waals surface area contributed by atoms with E-state index in [-0.39, 0.29) is 11.4 Å². The van der Waals surface area contributed by atoms with Crippen LogP contribution in [0.2, 0.25) is 0 Å². The summed E-state index contributed by atoms with van der Waals surface area (Å²) in [6.07, 6.45) is 3.83. The number of benzene rings is 1. The molecule has 0 unspecified atom stereocenters. The summed E-state index contributed by atoms with van der Waals surface area (Å²) >= 11 is 0. The summed E-state index contributed by atoms with van der Waals surface area (Å²) in [5, 5.41) is 4.46. The smallest absolute Gasteiger partial charge is 0.387 e. The van der Waals surface area contributed by atoms with Crippen LogP contribution in [0.15, 0.2) is 41.8 Å². The van der Waals surface area contributed by atoms with E-state index in [0.717, 1.165) is 42.8 Å². The van der Waals surface area contributed by atoms with Gasteiger partial charge in [0.1, 0.15) is 11.3 Å². The molecule has 1 aliphatic heterocycles. The molecule has 2 fully saturated rings. The number of anilines is 2. The number of alkyl halides is 2. The molecule has 186 valence electrons. The van der Waals surface area contributed by atoms with Crippen molar-refractivity contribution < 1.29 is 23.0 Å². The highest BCUT2D eigenvalue weighted by atomic mass is 19.3. The van der Waals surface area contributed by atoms with Gasteiger partial charge in [-0.2, -0.15) is 13.9 Å². The lowest BCUT2D eigenvalue weighted by Gasteiger charge is -2.29. The number of nitrogens with zero attached hydrogens (tertiary/aromatic N) is 5. The lowest BCUT2D eigenvalue weighted by molar-refractivity contribution is -0.0498. The molecule has 0 amide bonds. The summed E-state index contributed by atoms with van der Waals surface area (Å²) < 4.78 is 42.9. The Labute approximate surface area is 201 Å². The summed E-state index contributed by atoms with van der Waals surface area (Å²) in [6, 6.07) is 8.37. The van der Waals surface area contributed by atoms with Crippen LogP contribution in [0, 0.1) is 0 Å². The van der Waals surface area contributed by atoms with Gasteiger partial charge in [-0.05, 0) is 31.9 Å². The molecule has 1 N–H and O–H groups in total. The molecular weight excluding hydrogens is 458 g/mol. The maximum absolute atomic E-state index is 12.6. The lowest BCUT2D eigenvalue weighted by Crippen LogP contribution is -2.36. The van der Waals surface area contributed by atoms with Crippen LogP contribution < -0.4 is 15.1 Å². The summed E-state index contributed by atoms with van der Waals surface area (Å²) in [6.45, 7) is 2.39. The zero-order valence-corrected chi connectivity index (χ0v) is 19.7. The molecule has 2 aromatic heterocycles. The highest BCUT2D eigenvalue weighted by Crippen LogP contribution is 2.41. The minimum atomic E-state index is -2.88. The first-order chi connectivity index (χ1) is 17.0. The van der Waals surface area contributed by atoms with Crippen LogP contribution in [0.5, 0.6) is 5.75 Å². The van der Waals surface area contributed by atoms with Gasteiger partial charge in [-0.3, -0.25) is 5.43 Å². The molecule has 9 nitrogen and oxygen atoms in total. The molecule has 0 spiro atoms. The second-order valence-corrected chi connectivity index (χ2v) is 8.77. The summed E-state index contributed by atoms with van der Waals surface area (Å²) in [5.74, 6) is 0.639. The molecule has 1 saturated carbocycles. The van der Waals surface area contributed by atoms with Gasteiger partial charge >= 0.3 is 6.61 Å². The molecule has 1 aromatic carbocycles. The van der Waals surface area contributed by atoms with Gasteiger partial charge < -0.3 is 23.7 Å². The first-order valence-corrected chi connectivity index (χ1v) is 11.6. The van der Waals surface area contributed by atoms with Crippen molar-refractivity contribution in [2.75, 3.05) is 43.7 Å².